The molecule has 0 aliphatic rings. The number of unbranched alkanes of at least 4 members (excludes halogenated alkanes) is 60. The summed E-state index contributed by atoms with van der Waals surface area (Å²) in [6.45, 7) is 4.96. The van der Waals surface area contributed by atoms with Gasteiger partial charge in [-0.2, -0.15) is 0 Å². The summed E-state index contributed by atoms with van der Waals surface area (Å²) in [4.78, 5) is 24.6. The lowest BCUT2D eigenvalue weighted by atomic mass is 10.0. The number of ether oxygens (including phenoxy) is 1. The predicted octanol–water partition coefficient (Wildman–Crippen LogP) is 24.3. The van der Waals surface area contributed by atoms with Crippen molar-refractivity contribution in [3.05, 3.63) is 12.2 Å². The maximum absolute atomic E-state index is 12.5. The Morgan fingerprint density at radius 2 is 0.568 bits per heavy atom. The Kier molecular flexibility index (Phi) is 69.9. The Balaban J connectivity index is 3.34. The normalized spacial score (nSPS) is 12.5. The minimum atomic E-state index is -0.842. The van der Waals surface area contributed by atoms with Crippen LogP contribution in [-0.4, -0.2) is 47.4 Å². The second-order valence-electron chi connectivity index (χ2n) is 26.0. The van der Waals surface area contributed by atoms with Crippen LogP contribution in [0.15, 0.2) is 12.2 Å². The van der Waals surface area contributed by atoms with E-state index in [-0.39, 0.29) is 18.5 Å². The molecule has 482 valence electrons. The van der Waals surface area contributed by atoms with Gasteiger partial charge in [0.15, 0.2) is 0 Å². The fourth-order valence-electron chi connectivity index (χ4n) is 12.1. The first-order valence-corrected chi connectivity index (χ1v) is 37.5. The van der Waals surface area contributed by atoms with Crippen molar-refractivity contribution in [1.29, 1.82) is 0 Å². The second-order valence-corrected chi connectivity index (χ2v) is 26.0. The van der Waals surface area contributed by atoms with E-state index in [1.807, 2.05) is 6.08 Å². The number of amides is 1. The van der Waals surface area contributed by atoms with E-state index in [0.29, 0.717) is 19.4 Å². The molecule has 0 aromatic rings. The Morgan fingerprint density at radius 1 is 0.333 bits per heavy atom. The van der Waals surface area contributed by atoms with Crippen molar-refractivity contribution in [2.75, 3.05) is 13.2 Å². The Hall–Kier alpha value is -1.40. The molecule has 2 atom stereocenters. The number of aliphatic hydroxyl groups is 2. The Labute approximate surface area is 508 Å². The molecule has 6 nitrogen and oxygen atoms in total. The van der Waals surface area contributed by atoms with Gasteiger partial charge in [-0.15, -0.1) is 0 Å². The van der Waals surface area contributed by atoms with Gasteiger partial charge in [-0.1, -0.05) is 398 Å². The first-order chi connectivity index (χ1) is 40.0. The fraction of sp³-hybridized carbons (Fsp3) is 0.947. The summed E-state index contributed by atoms with van der Waals surface area (Å²) in [5, 5.41) is 23.2. The number of hydrogen-bond acceptors (Lipinski definition) is 5. The summed E-state index contributed by atoms with van der Waals surface area (Å²) in [5.74, 6) is -0.0367. The highest BCUT2D eigenvalue weighted by Crippen LogP contribution is 2.20. The minimum absolute atomic E-state index is 0.0236. The highest BCUT2D eigenvalue weighted by atomic mass is 16.5. The van der Waals surface area contributed by atoms with Gasteiger partial charge < -0.3 is 20.3 Å². The summed E-state index contributed by atoms with van der Waals surface area (Å²) >= 11 is 0. The number of carbonyl (C=O) groups is 2. The van der Waals surface area contributed by atoms with Crippen LogP contribution in [0, 0.1) is 0 Å². The van der Waals surface area contributed by atoms with E-state index >= 15 is 0 Å². The number of allylic oxidation sites excluding steroid dienone is 1. The van der Waals surface area contributed by atoms with Crippen LogP contribution in [0.3, 0.4) is 0 Å². The zero-order valence-electron chi connectivity index (χ0n) is 55.3. The summed E-state index contributed by atoms with van der Waals surface area (Å²) in [7, 11) is 0. The highest BCUT2D eigenvalue weighted by molar-refractivity contribution is 5.76. The van der Waals surface area contributed by atoms with Gasteiger partial charge in [-0.25, -0.2) is 0 Å². The number of hydrogen-bond donors (Lipinski definition) is 3. The van der Waals surface area contributed by atoms with Gasteiger partial charge in [-0.3, -0.25) is 9.59 Å². The molecule has 0 saturated carbocycles. The van der Waals surface area contributed by atoms with Crippen molar-refractivity contribution < 1.29 is 24.5 Å². The first kappa shape index (κ1) is 79.6. The first-order valence-electron chi connectivity index (χ1n) is 37.5. The molecule has 0 aliphatic heterocycles. The number of rotatable bonds is 71. The van der Waals surface area contributed by atoms with Crippen LogP contribution in [0.4, 0.5) is 0 Å². The quantitative estimate of drug-likeness (QED) is 0.0320. The topological polar surface area (TPSA) is 95.9 Å². The molecule has 0 bridgehead atoms. The predicted molar refractivity (Wildman–Crippen MR) is 357 cm³/mol. The molecule has 0 saturated heterocycles. The lowest BCUT2D eigenvalue weighted by molar-refractivity contribution is -0.143. The van der Waals surface area contributed by atoms with E-state index in [1.165, 1.54) is 366 Å². The minimum Gasteiger partial charge on any atom is -0.466 e. The maximum atomic E-state index is 12.5. The van der Waals surface area contributed by atoms with Crippen molar-refractivity contribution in [3.63, 3.8) is 0 Å². The number of aliphatic hydroxyl groups excluding tert-OH is 2. The molecule has 0 spiro atoms. The largest absolute Gasteiger partial charge is 0.466 e. The molecule has 81 heavy (non-hydrogen) atoms. The molecule has 6 heteroatoms. The van der Waals surface area contributed by atoms with Crippen molar-refractivity contribution in [2.24, 2.45) is 0 Å². The number of carbonyl (C=O) groups excluding carboxylic acids is 2. The van der Waals surface area contributed by atoms with Crippen molar-refractivity contribution in [3.8, 4) is 0 Å². The Bertz CT molecular complexity index is 1220. The van der Waals surface area contributed by atoms with Gasteiger partial charge in [0, 0.05) is 12.8 Å². The molecule has 1 amide bonds. The van der Waals surface area contributed by atoms with Crippen LogP contribution < -0.4 is 5.32 Å². The fourth-order valence-corrected chi connectivity index (χ4v) is 12.1. The molecule has 0 rings (SSSR count). The maximum Gasteiger partial charge on any atom is 0.305 e. The van der Waals surface area contributed by atoms with Crippen LogP contribution in [0.5, 0.6) is 0 Å². The van der Waals surface area contributed by atoms with Crippen LogP contribution in [0.25, 0.3) is 0 Å². The number of esters is 1. The molecule has 0 radical (unpaired) electrons. The SMILES string of the molecule is CCCCCCCCCCCCCCCCCCC/C=C/C(O)C(CO)NC(=O)CCCCCCCCCCCCCCCCCCCCCCCCCCCCCCOC(=O)CCCCCCCCCCCCCCCCCCC. The lowest BCUT2D eigenvalue weighted by Gasteiger charge is -2.20. The van der Waals surface area contributed by atoms with Crippen LogP contribution >= 0.6 is 0 Å². The average Bonchev–Trinajstić information content (AvgIpc) is 3.47. The number of nitrogens with one attached hydrogen (secondary N) is 1. The van der Waals surface area contributed by atoms with Crippen LogP contribution in [0.1, 0.15) is 431 Å². The molecule has 0 aromatic carbocycles. The van der Waals surface area contributed by atoms with E-state index in [2.05, 4.69) is 19.2 Å². The molecule has 2 unspecified atom stereocenters. The average molecular weight is 1140 g/mol. The molecule has 0 aromatic heterocycles. The zero-order chi connectivity index (χ0) is 58.5. The van der Waals surface area contributed by atoms with Gasteiger partial charge in [0.1, 0.15) is 0 Å². The van der Waals surface area contributed by atoms with Crippen LogP contribution in [0.2, 0.25) is 0 Å². The van der Waals surface area contributed by atoms with Gasteiger partial charge in [0.2, 0.25) is 5.91 Å². The summed E-state index contributed by atoms with van der Waals surface area (Å²) < 4.78 is 5.51. The van der Waals surface area contributed by atoms with Gasteiger partial charge in [-0.05, 0) is 32.1 Å². The molecular weight excluding hydrogens is 995 g/mol. The lowest BCUT2D eigenvalue weighted by Crippen LogP contribution is -2.45. The van der Waals surface area contributed by atoms with E-state index in [0.717, 1.165) is 38.5 Å². The standard InChI is InChI=1S/C75H147NO5/c1-3-5-7-9-11-13-15-17-19-21-32-36-39-43-47-51-55-59-63-67-73(78)72(71-77)76-74(79)68-64-60-56-52-48-44-40-37-33-30-28-26-24-22-23-25-27-29-31-34-38-42-46-50-54-58-62-66-70-81-75(80)69-65-61-57-53-49-45-41-35-20-18-16-14-12-10-8-6-4-2/h63,67,72-73,77-78H,3-62,64-66,68-71H2,1-2H3,(H,76,79)/b67-63+. The van der Waals surface area contributed by atoms with Gasteiger partial charge in [0.05, 0.1) is 25.4 Å². The van der Waals surface area contributed by atoms with Crippen LogP contribution in [-0.2, 0) is 14.3 Å². The smallest absolute Gasteiger partial charge is 0.305 e. The summed E-state index contributed by atoms with van der Waals surface area (Å²) in [6.07, 6.45) is 88.8. The Morgan fingerprint density at radius 3 is 0.840 bits per heavy atom. The molecular formula is C75H147NO5. The van der Waals surface area contributed by atoms with E-state index in [4.69, 9.17) is 4.74 Å². The summed E-state index contributed by atoms with van der Waals surface area (Å²) in [6, 6.07) is -0.625. The van der Waals surface area contributed by atoms with E-state index in [1.54, 1.807) is 6.08 Å². The summed E-state index contributed by atoms with van der Waals surface area (Å²) in [5.41, 5.74) is 0. The monoisotopic (exact) mass is 1140 g/mol. The molecule has 0 aliphatic carbocycles. The van der Waals surface area contributed by atoms with Gasteiger partial charge in [0.25, 0.3) is 0 Å². The second kappa shape index (κ2) is 71.1. The molecule has 0 fully saturated rings. The zero-order valence-corrected chi connectivity index (χ0v) is 55.3. The highest BCUT2D eigenvalue weighted by Gasteiger charge is 2.18. The molecule has 3 N–H and O–H groups in total. The molecule has 0 heterocycles. The van der Waals surface area contributed by atoms with Crippen molar-refractivity contribution in [2.45, 2.75) is 443 Å². The third-order valence-electron chi connectivity index (χ3n) is 17.8. The van der Waals surface area contributed by atoms with E-state index in [9.17, 15) is 19.8 Å². The third kappa shape index (κ3) is 67.6. The van der Waals surface area contributed by atoms with E-state index < -0.39 is 12.1 Å². The third-order valence-corrected chi connectivity index (χ3v) is 17.8. The van der Waals surface area contributed by atoms with Gasteiger partial charge >= 0.3 is 5.97 Å². The van der Waals surface area contributed by atoms with Crippen molar-refractivity contribution >= 4 is 11.9 Å². The van der Waals surface area contributed by atoms with Crippen molar-refractivity contribution in [1.82, 2.24) is 5.32 Å².